The minimum absolute atomic E-state index is 0.0619. The summed E-state index contributed by atoms with van der Waals surface area (Å²) >= 11 is 0. The van der Waals surface area contributed by atoms with E-state index in [0.717, 1.165) is 17.0 Å². The summed E-state index contributed by atoms with van der Waals surface area (Å²) in [7, 11) is 1.76. The lowest BCUT2D eigenvalue weighted by Crippen LogP contribution is -2.40. The standard InChI is InChI=1S/C20H25F4N5O4/c1-3-27(4-5-28-10-13(30)9-26(28)2)17-15(21)6-12(7-16(17)22)29-11-14(33-20(29)32)8-25-19(31)18(23)24/h6-7,14,18H,3-5,8-11H2,1-2H3,(H,25,31)/t14-/m0/s1. The molecule has 0 bridgehead atoms. The van der Waals surface area contributed by atoms with E-state index in [2.05, 4.69) is 0 Å². The van der Waals surface area contributed by atoms with Crippen molar-refractivity contribution in [1.29, 1.82) is 0 Å². The predicted octanol–water partition coefficient (Wildman–Crippen LogP) is 1.23. The van der Waals surface area contributed by atoms with Crippen LogP contribution in [0.4, 0.5) is 33.7 Å². The monoisotopic (exact) mass is 475 g/mol. The molecule has 2 heterocycles. The van der Waals surface area contributed by atoms with Crippen molar-refractivity contribution in [1.82, 2.24) is 15.3 Å². The smallest absolute Gasteiger partial charge is 0.414 e. The summed E-state index contributed by atoms with van der Waals surface area (Å²) in [4.78, 5) is 37.1. The van der Waals surface area contributed by atoms with Crippen LogP contribution in [0.15, 0.2) is 12.1 Å². The van der Waals surface area contributed by atoms with Crippen molar-refractivity contribution >= 4 is 29.2 Å². The van der Waals surface area contributed by atoms with Gasteiger partial charge in [0.25, 0.3) is 5.91 Å². The molecule has 9 nitrogen and oxygen atoms in total. The van der Waals surface area contributed by atoms with Crippen molar-refractivity contribution in [3.8, 4) is 0 Å². The van der Waals surface area contributed by atoms with Crippen LogP contribution in [0.3, 0.4) is 0 Å². The van der Waals surface area contributed by atoms with Gasteiger partial charge >= 0.3 is 12.5 Å². The van der Waals surface area contributed by atoms with E-state index < -0.39 is 36.2 Å². The molecule has 3 rings (SSSR count). The first kappa shape index (κ1) is 24.7. The molecule has 1 aromatic carbocycles. The molecule has 1 aromatic rings. The van der Waals surface area contributed by atoms with E-state index in [4.69, 9.17) is 4.74 Å². The van der Waals surface area contributed by atoms with Gasteiger partial charge in [0.2, 0.25) is 0 Å². The van der Waals surface area contributed by atoms with Crippen LogP contribution in [0, 0.1) is 11.6 Å². The van der Waals surface area contributed by atoms with Gasteiger partial charge in [0.15, 0.2) is 17.4 Å². The number of Topliss-reactive ketones (excluding diaryl/α,β-unsaturated/α-hetero) is 1. The highest BCUT2D eigenvalue weighted by Crippen LogP contribution is 2.31. The number of alkyl halides is 2. The molecule has 0 spiro atoms. The number of cyclic esters (lactones) is 1. The second-order valence-corrected chi connectivity index (χ2v) is 7.74. The van der Waals surface area contributed by atoms with Crippen LogP contribution >= 0.6 is 0 Å². The molecule has 2 aliphatic heterocycles. The molecular formula is C20H25F4N5O4. The summed E-state index contributed by atoms with van der Waals surface area (Å²) in [5.74, 6) is -3.22. The average molecular weight is 475 g/mol. The molecule has 182 valence electrons. The first-order chi connectivity index (χ1) is 15.6. The number of hydrogen-bond acceptors (Lipinski definition) is 7. The van der Waals surface area contributed by atoms with Gasteiger partial charge in [-0.15, -0.1) is 0 Å². The zero-order valence-corrected chi connectivity index (χ0v) is 18.2. The maximum Gasteiger partial charge on any atom is 0.414 e. The van der Waals surface area contributed by atoms with Gasteiger partial charge in [0.1, 0.15) is 11.8 Å². The Hall–Kier alpha value is -2.93. The minimum atomic E-state index is -3.21. The number of hydrogen-bond donors (Lipinski definition) is 1. The maximum atomic E-state index is 14.9. The van der Waals surface area contributed by atoms with E-state index in [9.17, 15) is 31.9 Å². The lowest BCUT2D eigenvalue weighted by molar-refractivity contribution is -0.132. The van der Waals surface area contributed by atoms with Gasteiger partial charge in [-0.3, -0.25) is 14.5 Å². The second kappa shape index (κ2) is 10.3. The number of anilines is 2. The third kappa shape index (κ3) is 5.71. The van der Waals surface area contributed by atoms with Gasteiger partial charge < -0.3 is 15.0 Å². The summed E-state index contributed by atoms with van der Waals surface area (Å²) in [6.07, 6.45) is -5.06. The molecule has 33 heavy (non-hydrogen) atoms. The Bertz CT molecular complexity index is 895. The number of hydrazine groups is 1. The Kier molecular flexibility index (Phi) is 7.74. The highest BCUT2D eigenvalue weighted by molar-refractivity contribution is 5.90. The average Bonchev–Trinajstić information content (AvgIpc) is 3.28. The van der Waals surface area contributed by atoms with Crippen molar-refractivity contribution in [3.05, 3.63) is 23.8 Å². The zero-order chi connectivity index (χ0) is 24.3. The number of rotatable bonds is 9. The highest BCUT2D eigenvalue weighted by atomic mass is 19.3. The number of amides is 2. The topological polar surface area (TPSA) is 85.4 Å². The van der Waals surface area contributed by atoms with Gasteiger partial charge in [-0.05, 0) is 6.92 Å². The quantitative estimate of drug-likeness (QED) is 0.538. The zero-order valence-electron chi connectivity index (χ0n) is 18.2. The van der Waals surface area contributed by atoms with Gasteiger partial charge in [-0.2, -0.15) is 8.78 Å². The third-order valence-electron chi connectivity index (χ3n) is 5.46. The Morgan fingerprint density at radius 3 is 2.45 bits per heavy atom. The summed E-state index contributed by atoms with van der Waals surface area (Å²) in [5, 5.41) is 5.49. The van der Waals surface area contributed by atoms with Crippen molar-refractivity contribution in [2.24, 2.45) is 0 Å². The molecule has 2 aliphatic rings. The molecule has 0 aliphatic carbocycles. The number of carbonyl (C=O) groups excluding carboxylic acids is 3. The molecule has 13 heteroatoms. The lowest BCUT2D eigenvalue weighted by atomic mass is 10.2. The normalized spacial score (nSPS) is 19.5. The third-order valence-corrected chi connectivity index (χ3v) is 5.46. The number of halogens is 4. The van der Waals surface area contributed by atoms with Gasteiger partial charge in [-0.1, -0.05) is 0 Å². The Balaban J connectivity index is 1.68. The van der Waals surface area contributed by atoms with Gasteiger partial charge in [0.05, 0.1) is 31.9 Å². The fraction of sp³-hybridized carbons (Fsp3) is 0.550. The molecule has 2 fully saturated rings. The molecule has 0 unspecified atom stereocenters. The van der Waals surface area contributed by atoms with Gasteiger partial charge in [-0.25, -0.2) is 23.6 Å². The van der Waals surface area contributed by atoms with E-state index >= 15 is 0 Å². The molecule has 0 saturated carbocycles. The number of carbonyl (C=O) groups is 3. The summed E-state index contributed by atoms with van der Waals surface area (Å²) in [6, 6.07) is 1.99. The van der Waals surface area contributed by atoms with Crippen LogP contribution in [-0.4, -0.2) is 93.2 Å². The lowest BCUT2D eigenvalue weighted by Gasteiger charge is -2.29. The molecule has 0 radical (unpaired) electrons. The van der Waals surface area contributed by atoms with E-state index in [1.165, 1.54) is 4.90 Å². The largest absolute Gasteiger partial charge is 0.442 e. The Morgan fingerprint density at radius 2 is 1.91 bits per heavy atom. The van der Waals surface area contributed by atoms with E-state index in [-0.39, 0.29) is 43.3 Å². The summed E-state index contributed by atoms with van der Waals surface area (Å²) < 4.78 is 59.4. The highest BCUT2D eigenvalue weighted by Gasteiger charge is 2.34. The van der Waals surface area contributed by atoms with E-state index in [1.807, 2.05) is 5.32 Å². The molecular weight excluding hydrogens is 450 g/mol. The van der Waals surface area contributed by atoms with Crippen molar-refractivity contribution in [2.75, 3.05) is 62.7 Å². The van der Waals surface area contributed by atoms with Crippen LogP contribution in [0.25, 0.3) is 0 Å². The van der Waals surface area contributed by atoms with Crippen LogP contribution in [0.1, 0.15) is 6.92 Å². The maximum absolute atomic E-state index is 14.9. The number of ketones is 1. The molecule has 1 atom stereocenters. The molecule has 2 amide bonds. The number of nitrogens with one attached hydrogen (secondary N) is 1. The van der Waals surface area contributed by atoms with Crippen molar-refractivity contribution < 1.29 is 36.7 Å². The molecule has 2 saturated heterocycles. The van der Waals surface area contributed by atoms with Crippen molar-refractivity contribution in [2.45, 2.75) is 19.5 Å². The number of benzene rings is 1. The van der Waals surface area contributed by atoms with E-state index in [1.54, 1.807) is 24.0 Å². The van der Waals surface area contributed by atoms with Crippen LogP contribution in [0.5, 0.6) is 0 Å². The van der Waals surface area contributed by atoms with Crippen LogP contribution in [-0.2, 0) is 14.3 Å². The fourth-order valence-electron chi connectivity index (χ4n) is 3.78. The number of ether oxygens (including phenoxy) is 1. The minimum Gasteiger partial charge on any atom is -0.442 e. The second-order valence-electron chi connectivity index (χ2n) is 7.74. The predicted molar refractivity (Wildman–Crippen MR) is 110 cm³/mol. The van der Waals surface area contributed by atoms with Gasteiger partial charge in [0, 0.05) is 38.8 Å². The fourth-order valence-corrected chi connectivity index (χ4v) is 3.78. The first-order valence-electron chi connectivity index (χ1n) is 10.4. The van der Waals surface area contributed by atoms with Crippen LogP contribution < -0.4 is 15.1 Å². The number of likely N-dealkylation sites (N-methyl/N-ethyl adjacent to an activating group) is 2. The summed E-state index contributed by atoms with van der Waals surface area (Å²) in [5.41, 5.74) is -0.356. The molecule has 0 aromatic heterocycles. The van der Waals surface area contributed by atoms with Crippen molar-refractivity contribution in [3.63, 3.8) is 0 Å². The SMILES string of the molecule is CCN(CCN1CC(=O)CN1C)c1c(F)cc(N2C[C@H](CNC(=O)C(F)F)OC2=O)cc1F. The first-order valence-corrected chi connectivity index (χ1v) is 10.4. The van der Waals surface area contributed by atoms with Crippen LogP contribution in [0.2, 0.25) is 0 Å². The summed E-state index contributed by atoms with van der Waals surface area (Å²) in [6.45, 7) is 2.70. The van der Waals surface area contributed by atoms with E-state index in [0.29, 0.717) is 19.6 Å². The Morgan fingerprint density at radius 1 is 1.24 bits per heavy atom. The number of nitrogens with zero attached hydrogens (tertiary/aromatic N) is 4. The Labute approximate surface area is 187 Å². The molecule has 1 N–H and O–H groups in total.